The van der Waals surface area contributed by atoms with Crippen LogP contribution in [-0.4, -0.2) is 10.2 Å². The quantitative estimate of drug-likeness (QED) is 0.757. The first-order valence-electron chi connectivity index (χ1n) is 4.23. The molecule has 2 aromatic rings. The van der Waals surface area contributed by atoms with Crippen LogP contribution in [0.3, 0.4) is 0 Å². The molecule has 0 aliphatic rings. The van der Waals surface area contributed by atoms with Crippen LogP contribution in [0, 0.1) is 0 Å². The zero-order valence-electron chi connectivity index (χ0n) is 7.37. The van der Waals surface area contributed by atoms with Gasteiger partial charge in [-0.05, 0) is 29.0 Å². The van der Waals surface area contributed by atoms with Gasteiger partial charge in [0.25, 0.3) is 0 Å². The molecule has 0 bridgehead atoms. The summed E-state index contributed by atoms with van der Waals surface area (Å²) in [6.45, 7) is -0.176. The number of aliphatic hydroxyl groups excluding tert-OH is 1. The average molecular weight is 209 g/mol. The number of benzene rings is 2. The molecule has 0 aliphatic carbocycles. The van der Waals surface area contributed by atoms with Gasteiger partial charge in [-0.25, -0.2) is 0 Å². The number of aromatic hydroxyl groups is 1. The molecule has 3 heteroatoms. The van der Waals surface area contributed by atoms with E-state index in [9.17, 15) is 5.11 Å². The maximum Gasteiger partial charge on any atom is 0.121 e. The summed E-state index contributed by atoms with van der Waals surface area (Å²) in [6.07, 6.45) is 0. The topological polar surface area (TPSA) is 40.5 Å². The monoisotopic (exact) mass is 208 g/mol. The first kappa shape index (κ1) is 9.31. The zero-order valence-corrected chi connectivity index (χ0v) is 8.12. The molecule has 0 aliphatic heterocycles. The number of aliphatic hydroxyl groups is 1. The lowest BCUT2D eigenvalue weighted by Crippen LogP contribution is -1.86. The van der Waals surface area contributed by atoms with Gasteiger partial charge < -0.3 is 10.2 Å². The van der Waals surface area contributed by atoms with Gasteiger partial charge in [0.1, 0.15) is 5.75 Å². The molecule has 0 heterocycles. The lowest BCUT2D eigenvalue weighted by molar-refractivity contribution is 0.277. The van der Waals surface area contributed by atoms with Crippen LogP contribution in [0.2, 0.25) is 5.02 Å². The third-order valence-electron chi connectivity index (χ3n) is 2.23. The van der Waals surface area contributed by atoms with Crippen molar-refractivity contribution in [2.24, 2.45) is 0 Å². The zero-order chi connectivity index (χ0) is 10.1. The van der Waals surface area contributed by atoms with Gasteiger partial charge in [0.05, 0.1) is 6.61 Å². The summed E-state index contributed by atoms with van der Waals surface area (Å²) >= 11 is 5.83. The van der Waals surface area contributed by atoms with E-state index in [1.165, 1.54) is 0 Å². The standard InChI is InChI=1S/C11H9ClO2/c12-8-2-3-9-7(5-8)1-4-11(14)10(9)6-13/h1-5,13-14H,6H2. The van der Waals surface area contributed by atoms with Crippen LogP contribution in [-0.2, 0) is 6.61 Å². The fourth-order valence-corrected chi connectivity index (χ4v) is 1.70. The highest BCUT2D eigenvalue weighted by Gasteiger charge is 2.05. The van der Waals surface area contributed by atoms with E-state index in [1.54, 1.807) is 30.3 Å². The predicted octanol–water partition coefficient (Wildman–Crippen LogP) is 2.69. The molecule has 0 saturated carbocycles. The first-order valence-corrected chi connectivity index (χ1v) is 4.61. The Morgan fingerprint density at radius 1 is 1.14 bits per heavy atom. The van der Waals surface area contributed by atoms with E-state index in [0.717, 1.165) is 10.8 Å². The van der Waals surface area contributed by atoms with Crippen LogP contribution in [0.25, 0.3) is 10.8 Å². The van der Waals surface area contributed by atoms with E-state index < -0.39 is 0 Å². The molecule has 2 N–H and O–H groups in total. The molecule has 2 nitrogen and oxygen atoms in total. The normalized spacial score (nSPS) is 10.7. The van der Waals surface area contributed by atoms with Crippen molar-refractivity contribution in [1.82, 2.24) is 0 Å². The smallest absolute Gasteiger partial charge is 0.121 e. The molecule has 0 fully saturated rings. The van der Waals surface area contributed by atoms with Gasteiger partial charge in [0, 0.05) is 10.6 Å². The van der Waals surface area contributed by atoms with E-state index in [1.807, 2.05) is 0 Å². The Labute approximate surface area is 86.4 Å². The van der Waals surface area contributed by atoms with Gasteiger partial charge in [-0.15, -0.1) is 0 Å². The highest BCUT2D eigenvalue weighted by atomic mass is 35.5. The van der Waals surface area contributed by atoms with E-state index >= 15 is 0 Å². The van der Waals surface area contributed by atoms with Crippen molar-refractivity contribution in [3.63, 3.8) is 0 Å². The number of halogens is 1. The lowest BCUT2D eigenvalue weighted by atomic mass is 10.0. The van der Waals surface area contributed by atoms with Gasteiger partial charge in [-0.3, -0.25) is 0 Å². The Morgan fingerprint density at radius 2 is 1.93 bits per heavy atom. The fourth-order valence-electron chi connectivity index (χ4n) is 1.52. The van der Waals surface area contributed by atoms with E-state index in [-0.39, 0.29) is 12.4 Å². The molecule has 0 atom stereocenters. The van der Waals surface area contributed by atoms with Crippen molar-refractivity contribution < 1.29 is 10.2 Å². The summed E-state index contributed by atoms with van der Waals surface area (Å²) in [5.41, 5.74) is 0.541. The molecule has 72 valence electrons. The van der Waals surface area contributed by atoms with E-state index in [4.69, 9.17) is 16.7 Å². The van der Waals surface area contributed by atoms with Gasteiger partial charge in [0.15, 0.2) is 0 Å². The van der Waals surface area contributed by atoms with Gasteiger partial charge in [-0.1, -0.05) is 23.7 Å². The van der Waals surface area contributed by atoms with Crippen molar-refractivity contribution in [3.8, 4) is 5.75 Å². The SMILES string of the molecule is OCc1c(O)ccc2cc(Cl)ccc12. The number of rotatable bonds is 1. The number of hydrogen-bond acceptors (Lipinski definition) is 2. The minimum Gasteiger partial charge on any atom is -0.508 e. The molecule has 0 amide bonds. The second-order valence-electron chi connectivity index (χ2n) is 3.09. The van der Waals surface area contributed by atoms with Crippen LogP contribution in [0.1, 0.15) is 5.56 Å². The third kappa shape index (κ3) is 1.43. The van der Waals surface area contributed by atoms with Crippen molar-refractivity contribution >= 4 is 22.4 Å². The molecule has 2 rings (SSSR count). The second-order valence-corrected chi connectivity index (χ2v) is 3.52. The molecular weight excluding hydrogens is 200 g/mol. The summed E-state index contributed by atoms with van der Waals surface area (Å²) in [7, 11) is 0. The Kier molecular flexibility index (Phi) is 2.32. The fraction of sp³-hybridized carbons (Fsp3) is 0.0909. The molecule has 0 saturated heterocycles. The maximum atomic E-state index is 9.48. The molecule has 2 aromatic carbocycles. The Hall–Kier alpha value is -1.25. The molecule has 0 aromatic heterocycles. The van der Waals surface area contributed by atoms with Crippen LogP contribution in [0.15, 0.2) is 30.3 Å². The highest BCUT2D eigenvalue weighted by molar-refractivity contribution is 6.31. The maximum absolute atomic E-state index is 9.48. The third-order valence-corrected chi connectivity index (χ3v) is 2.46. The summed E-state index contributed by atoms with van der Waals surface area (Å²) in [5, 5.41) is 21.0. The first-order chi connectivity index (χ1) is 6.72. The Balaban J connectivity index is 2.82. The van der Waals surface area contributed by atoms with E-state index in [2.05, 4.69) is 0 Å². The molecule has 0 unspecified atom stereocenters. The molecule has 0 spiro atoms. The lowest BCUT2D eigenvalue weighted by Gasteiger charge is -2.06. The molecular formula is C11H9ClO2. The summed E-state index contributed by atoms with van der Waals surface area (Å²) < 4.78 is 0. The molecule has 14 heavy (non-hydrogen) atoms. The Morgan fingerprint density at radius 3 is 2.64 bits per heavy atom. The largest absolute Gasteiger partial charge is 0.508 e. The van der Waals surface area contributed by atoms with Crippen molar-refractivity contribution in [1.29, 1.82) is 0 Å². The van der Waals surface area contributed by atoms with Crippen molar-refractivity contribution in [2.75, 3.05) is 0 Å². The number of hydrogen-bond donors (Lipinski definition) is 2. The van der Waals surface area contributed by atoms with Crippen molar-refractivity contribution in [3.05, 3.63) is 40.9 Å². The van der Waals surface area contributed by atoms with Crippen LogP contribution >= 0.6 is 11.6 Å². The van der Waals surface area contributed by atoms with Gasteiger partial charge in [-0.2, -0.15) is 0 Å². The highest BCUT2D eigenvalue weighted by Crippen LogP contribution is 2.28. The van der Waals surface area contributed by atoms with Crippen LogP contribution < -0.4 is 0 Å². The van der Waals surface area contributed by atoms with Crippen LogP contribution in [0.4, 0.5) is 0 Å². The summed E-state index contributed by atoms with van der Waals surface area (Å²) in [5.74, 6) is 0.113. The predicted molar refractivity (Wildman–Crippen MR) is 56.5 cm³/mol. The average Bonchev–Trinajstić information content (AvgIpc) is 2.18. The molecule has 0 radical (unpaired) electrons. The van der Waals surface area contributed by atoms with Crippen molar-refractivity contribution in [2.45, 2.75) is 6.61 Å². The Bertz CT molecular complexity index is 480. The van der Waals surface area contributed by atoms with Gasteiger partial charge in [0.2, 0.25) is 0 Å². The number of fused-ring (bicyclic) bond motifs is 1. The minimum atomic E-state index is -0.176. The second kappa shape index (κ2) is 3.48. The number of phenols is 1. The van der Waals surface area contributed by atoms with Gasteiger partial charge >= 0.3 is 0 Å². The minimum absolute atomic E-state index is 0.113. The summed E-state index contributed by atoms with van der Waals surface area (Å²) in [4.78, 5) is 0. The van der Waals surface area contributed by atoms with E-state index in [0.29, 0.717) is 10.6 Å². The van der Waals surface area contributed by atoms with Crippen LogP contribution in [0.5, 0.6) is 5.75 Å². The summed E-state index contributed by atoms with van der Waals surface area (Å²) in [6, 6.07) is 8.67.